The Morgan fingerprint density at radius 2 is 1.40 bits per heavy atom. The maximum atomic E-state index is 5.35. The van der Waals surface area contributed by atoms with E-state index in [4.69, 9.17) is 8.85 Å². The summed E-state index contributed by atoms with van der Waals surface area (Å²) >= 11 is 0. The maximum absolute atomic E-state index is 5.35. The van der Waals surface area contributed by atoms with Gasteiger partial charge >= 0.3 is 97.5 Å². The first kappa shape index (κ1) is 15.6. The summed E-state index contributed by atoms with van der Waals surface area (Å²) in [6, 6.07) is 1.18. The summed E-state index contributed by atoms with van der Waals surface area (Å²) in [6.07, 6.45) is 7.09. The summed E-state index contributed by atoms with van der Waals surface area (Å²) < 4.78 is 10.7. The molecular weight excluding hydrogens is 223 g/mol. The fraction of sp³-hybridized carbons (Fsp3) is 1.00. The van der Waals surface area contributed by atoms with Gasteiger partial charge in [0.2, 0.25) is 0 Å². The van der Waals surface area contributed by atoms with E-state index in [-0.39, 0.29) is 0 Å². The molecule has 94 valence electrons. The molecule has 0 spiro atoms. The Kier molecular flexibility index (Phi) is 9.02. The van der Waals surface area contributed by atoms with Gasteiger partial charge in [-0.15, -0.1) is 0 Å². The average Bonchev–Trinajstić information content (AvgIpc) is 2.31. The first-order valence-electron chi connectivity index (χ1n) is 6.23. The second-order valence-electron chi connectivity index (χ2n) is 4.35. The molecule has 0 unspecified atom stereocenters. The van der Waals surface area contributed by atoms with Gasteiger partial charge in [0.1, 0.15) is 0 Å². The van der Waals surface area contributed by atoms with Gasteiger partial charge in [-0.3, -0.25) is 0 Å². The number of hydrogen-bond acceptors (Lipinski definition) is 2. The van der Waals surface area contributed by atoms with Gasteiger partial charge in [-0.2, -0.15) is 0 Å². The van der Waals surface area contributed by atoms with Crippen molar-refractivity contribution in [2.45, 2.75) is 33.2 Å². The van der Waals surface area contributed by atoms with E-state index in [1.165, 1.54) is 37.1 Å². The average molecular weight is 252 g/mol. The summed E-state index contributed by atoms with van der Waals surface area (Å²) in [4.78, 5) is 0. The van der Waals surface area contributed by atoms with E-state index >= 15 is 0 Å². The summed E-state index contributed by atoms with van der Waals surface area (Å²) in [5.41, 5.74) is 0. The second-order valence-corrected chi connectivity index (χ2v) is 12.4. The molecule has 2 nitrogen and oxygen atoms in total. The summed E-state index contributed by atoms with van der Waals surface area (Å²) in [7, 11) is 1.37. The van der Waals surface area contributed by atoms with E-state index < -0.39 is 16.5 Å². The van der Waals surface area contributed by atoms with Crippen LogP contribution in [0.4, 0.5) is 0 Å². The van der Waals surface area contributed by atoms with E-state index in [1.807, 2.05) is 0 Å². The number of rotatable bonds is 9. The Bertz CT molecular complexity index is 139. The summed E-state index contributed by atoms with van der Waals surface area (Å²) in [5.74, 6) is 0. The van der Waals surface area contributed by atoms with Crippen LogP contribution in [0.2, 0.25) is 6.04 Å². The topological polar surface area (TPSA) is 18.5 Å². The molecule has 0 aromatic rings. The molecule has 0 rings (SSSR count). The van der Waals surface area contributed by atoms with Crippen LogP contribution in [0.5, 0.6) is 0 Å². The second kappa shape index (κ2) is 8.69. The van der Waals surface area contributed by atoms with Crippen LogP contribution in [0.3, 0.4) is 0 Å². The zero-order chi connectivity index (χ0) is 11.7. The molecule has 0 aromatic carbocycles. The third-order valence-electron chi connectivity index (χ3n) is 3.92. The molecule has 0 amide bonds. The van der Waals surface area contributed by atoms with Crippen molar-refractivity contribution < 1.29 is 8.85 Å². The Balaban J connectivity index is 3.89. The third kappa shape index (κ3) is 5.44. The first-order valence-corrected chi connectivity index (χ1v) is 10.8. The van der Waals surface area contributed by atoms with Crippen molar-refractivity contribution in [3.05, 3.63) is 0 Å². The third-order valence-corrected chi connectivity index (χ3v) is 11.8. The minimum absolute atomic E-state index is 0.899. The quantitative estimate of drug-likeness (QED) is 0.464. The molecule has 0 aliphatic rings. The van der Waals surface area contributed by atoms with E-state index in [1.54, 1.807) is 14.2 Å². The van der Waals surface area contributed by atoms with Gasteiger partial charge in [-0.25, -0.2) is 0 Å². The van der Waals surface area contributed by atoms with Crippen molar-refractivity contribution in [2.24, 2.45) is 0 Å². The summed E-state index contributed by atoms with van der Waals surface area (Å²) in [6.45, 7) is 7.13. The molecule has 0 bridgehead atoms. The zero-order valence-corrected chi connectivity index (χ0v) is 13.3. The van der Waals surface area contributed by atoms with Crippen LogP contribution in [0.1, 0.15) is 27.2 Å². The van der Waals surface area contributed by atoms with Crippen LogP contribution >= 0.6 is 7.26 Å². The van der Waals surface area contributed by atoms with Crippen molar-refractivity contribution in [1.82, 2.24) is 0 Å². The van der Waals surface area contributed by atoms with Crippen LogP contribution in [-0.2, 0) is 8.85 Å². The SMILES string of the molecule is CC[PH](CC)(CC)CCC[SiH](OC)OC. The van der Waals surface area contributed by atoms with Crippen LogP contribution in [0.25, 0.3) is 0 Å². The molecule has 0 aliphatic heterocycles. The first-order chi connectivity index (χ1) is 7.17. The molecule has 0 aromatic heterocycles. The normalized spacial score (nSPS) is 13.5. The molecular formula is C11H29O2PSi. The molecule has 4 heteroatoms. The van der Waals surface area contributed by atoms with Gasteiger partial charge < -0.3 is 0 Å². The van der Waals surface area contributed by atoms with Gasteiger partial charge in [0.05, 0.1) is 0 Å². The molecule has 0 fully saturated rings. The molecule has 15 heavy (non-hydrogen) atoms. The fourth-order valence-electron chi connectivity index (χ4n) is 2.26. The van der Waals surface area contributed by atoms with Crippen molar-refractivity contribution in [3.63, 3.8) is 0 Å². The van der Waals surface area contributed by atoms with Crippen LogP contribution in [-0.4, -0.2) is 48.2 Å². The van der Waals surface area contributed by atoms with E-state index in [2.05, 4.69) is 20.8 Å². The number of hydrogen-bond donors (Lipinski definition) is 0. The van der Waals surface area contributed by atoms with Gasteiger partial charge in [0, 0.05) is 0 Å². The molecule has 0 atom stereocenters. The van der Waals surface area contributed by atoms with E-state index in [9.17, 15) is 0 Å². The summed E-state index contributed by atoms with van der Waals surface area (Å²) in [5, 5.41) is 0. The minimum atomic E-state index is -1.29. The Morgan fingerprint density at radius 3 is 1.73 bits per heavy atom. The van der Waals surface area contributed by atoms with Crippen LogP contribution < -0.4 is 0 Å². The van der Waals surface area contributed by atoms with Gasteiger partial charge in [-0.1, -0.05) is 0 Å². The molecule has 0 aliphatic carbocycles. The van der Waals surface area contributed by atoms with Crippen LogP contribution in [0.15, 0.2) is 0 Å². The van der Waals surface area contributed by atoms with Gasteiger partial charge in [0.25, 0.3) is 0 Å². The standard InChI is InChI=1S/C11H29O2PSi/c1-6-14(7-2,8-3)10-9-11-15(12-4)13-5/h14-15H,6-11H2,1-5H3. The van der Waals surface area contributed by atoms with E-state index in [0.717, 1.165) is 0 Å². The van der Waals surface area contributed by atoms with E-state index in [0.29, 0.717) is 0 Å². The molecule has 0 radical (unpaired) electrons. The Labute approximate surface area is 97.9 Å². The van der Waals surface area contributed by atoms with Crippen molar-refractivity contribution >= 4 is 16.5 Å². The molecule has 0 saturated heterocycles. The molecule has 0 saturated carbocycles. The molecule has 0 heterocycles. The van der Waals surface area contributed by atoms with Crippen LogP contribution in [0, 0.1) is 0 Å². The Hall–Kier alpha value is 0.567. The Morgan fingerprint density at radius 1 is 0.933 bits per heavy atom. The van der Waals surface area contributed by atoms with Crippen molar-refractivity contribution in [3.8, 4) is 0 Å². The monoisotopic (exact) mass is 252 g/mol. The fourth-order valence-corrected chi connectivity index (χ4v) is 7.38. The van der Waals surface area contributed by atoms with Gasteiger partial charge in [0.15, 0.2) is 0 Å². The van der Waals surface area contributed by atoms with Crippen molar-refractivity contribution in [2.75, 3.05) is 38.9 Å². The molecule has 0 N–H and O–H groups in total. The van der Waals surface area contributed by atoms with Crippen molar-refractivity contribution in [1.29, 1.82) is 0 Å². The van der Waals surface area contributed by atoms with Gasteiger partial charge in [-0.05, 0) is 0 Å². The zero-order valence-electron chi connectivity index (χ0n) is 11.1. The predicted octanol–water partition coefficient (Wildman–Crippen LogP) is 2.70. The predicted molar refractivity (Wildman–Crippen MR) is 75.4 cm³/mol.